The molecule has 0 aromatic heterocycles. The quantitative estimate of drug-likeness (QED) is 0.221. The van der Waals surface area contributed by atoms with E-state index in [0.29, 0.717) is 12.8 Å². The van der Waals surface area contributed by atoms with Gasteiger partial charge in [-0.2, -0.15) is 0 Å². The van der Waals surface area contributed by atoms with Gasteiger partial charge in [-0.3, -0.25) is 19.2 Å². The summed E-state index contributed by atoms with van der Waals surface area (Å²) in [6.45, 7) is 7.32. The summed E-state index contributed by atoms with van der Waals surface area (Å²) in [6.07, 6.45) is -3.16. The van der Waals surface area contributed by atoms with Crippen LogP contribution in [0.25, 0.3) is 0 Å². The van der Waals surface area contributed by atoms with E-state index in [9.17, 15) is 19.2 Å². The van der Waals surface area contributed by atoms with E-state index in [0.717, 1.165) is 13.8 Å². The summed E-state index contributed by atoms with van der Waals surface area (Å²) in [5, 5.41) is 0. The van der Waals surface area contributed by atoms with Gasteiger partial charge in [-0.15, -0.1) is 6.58 Å². The second-order valence-corrected chi connectivity index (χ2v) is 6.35. The predicted molar refractivity (Wildman–Crippen MR) is 97.3 cm³/mol. The first-order valence-electron chi connectivity index (χ1n) is 9.16. The molecule has 1 aliphatic heterocycles. The Morgan fingerprint density at radius 3 is 2.00 bits per heavy atom. The third kappa shape index (κ3) is 8.20. The fraction of sp³-hybridized carbons (Fsp3) is 0.684. The van der Waals surface area contributed by atoms with Gasteiger partial charge in [0.05, 0.1) is 20.1 Å². The summed E-state index contributed by atoms with van der Waals surface area (Å²) in [6, 6.07) is 0. The lowest BCUT2D eigenvalue weighted by molar-refractivity contribution is -0.304. The van der Waals surface area contributed by atoms with E-state index >= 15 is 0 Å². The number of rotatable bonds is 10. The van der Waals surface area contributed by atoms with Crippen LogP contribution in [-0.4, -0.2) is 68.3 Å². The van der Waals surface area contributed by atoms with Crippen molar-refractivity contribution in [3.05, 3.63) is 12.7 Å². The maximum absolute atomic E-state index is 11.8. The van der Waals surface area contributed by atoms with Gasteiger partial charge < -0.3 is 28.4 Å². The van der Waals surface area contributed by atoms with Gasteiger partial charge in [0.15, 0.2) is 24.6 Å². The Morgan fingerprint density at radius 2 is 1.48 bits per heavy atom. The molecular formula is C19H28O10. The van der Waals surface area contributed by atoms with Gasteiger partial charge in [-0.05, 0) is 12.8 Å². The van der Waals surface area contributed by atoms with Crippen LogP contribution in [0.15, 0.2) is 12.7 Å². The number of hydrogen-bond donors (Lipinski definition) is 0. The second-order valence-electron chi connectivity index (χ2n) is 6.35. The number of allylic oxidation sites excluding steroid dienone is 1. The zero-order chi connectivity index (χ0) is 22.0. The molecule has 1 aliphatic rings. The Kier molecular flexibility index (Phi) is 10.3. The topological polar surface area (TPSA) is 124 Å². The van der Waals surface area contributed by atoms with Gasteiger partial charge in [-0.25, -0.2) is 0 Å². The molecule has 29 heavy (non-hydrogen) atoms. The Balaban J connectivity index is 3.22. The van der Waals surface area contributed by atoms with E-state index in [-0.39, 0.29) is 13.0 Å². The molecule has 0 aromatic carbocycles. The SMILES string of the molecule is C=CCCCO[C@@H]1O[C@H](CC(=O)OC)[C@@H](OC(C)=O)[C@H](OC(C)=O)[C@H]1OC(C)=O. The molecule has 0 bridgehead atoms. The zero-order valence-electron chi connectivity index (χ0n) is 17.1. The molecule has 1 rings (SSSR count). The number of esters is 4. The minimum atomic E-state index is -1.24. The van der Waals surface area contributed by atoms with Crippen molar-refractivity contribution >= 4 is 23.9 Å². The average Bonchev–Trinajstić information content (AvgIpc) is 2.63. The maximum atomic E-state index is 11.8. The molecule has 0 unspecified atom stereocenters. The van der Waals surface area contributed by atoms with Crippen LogP contribution in [0, 0.1) is 0 Å². The number of hydrogen-bond acceptors (Lipinski definition) is 10. The second kappa shape index (κ2) is 12.2. The van der Waals surface area contributed by atoms with Gasteiger partial charge in [-0.1, -0.05) is 6.08 Å². The summed E-state index contributed by atoms with van der Waals surface area (Å²) in [5.74, 6) is -2.71. The molecule has 5 atom stereocenters. The maximum Gasteiger partial charge on any atom is 0.308 e. The molecule has 1 fully saturated rings. The van der Waals surface area contributed by atoms with Crippen LogP contribution in [0.4, 0.5) is 0 Å². The zero-order valence-corrected chi connectivity index (χ0v) is 17.1. The monoisotopic (exact) mass is 416 g/mol. The molecule has 164 valence electrons. The van der Waals surface area contributed by atoms with E-state index < -0.39 is 54.6 Å². The molecule has 10 nitrogen and oxygen atoms in total. The highest BCUT2D eigenvalue weighted by Crippen LogP contribution is 2.31. The fourth-order valence-corrected chi connectivity index (χ4v) is 2.83. The molecule has 0 N–H and O–H groups in total. The molecule has 0 spiro atoms. The van der Waals surface area contributed by atoms with Crippen molar-refractivity contribution in [3.63, 3.8) is 0 Å². The largest absolute Gasteiger partial charge is 0.469 e. The third-order valence-corrected chi connectivity index (χ3v) is 3.93. The lowest BCUT2D eigenvalue weighted by Crippen LogP contribution is -2.62. The molecule has 0 radical (unpaired) electrons. The summed E-state index contributed by atoms with van der Waals surface area (Å²) in [4.78, 5) is 46.7. The first-order valence-corrected chi connectivity index (χ1v) is 9.16. The van der Waals surface area contributed by atoms with Gasteiger partial charge in [0.2, 0.25) is 0 Å². The van der Waals surface area contributed by atoms with Crippen LogP contribution >= 0.6 is 0 Å². The minimum absolute atomic E-state index is 0.227. The molecule has 1 saturated heterocycles. The van der Waals surface area contributed by atoms with Crippen LogP contribution < -0.4 is 0 Å². The van der Waals surface area contributed by atoms with E-state index in [2.05, 4.69) is 11.3 Å². The van der Waals surface area contributed by atoms with Crippen molar-refractivity contribution in [2.75, 3.05) is 13.7 Å². The smallest absolute Gasteiger partial charge is 0.308 e. The third-order valence-electron chi connectivity index (χ3n) is 3.93. The molecule has 1 heterocycles. The highest BCUT2D eigenvalue weighted by Gasteiger charge is 2.52. The lowest BCUT2D eigenvalue weighted by Gasteiger charge is -2.44. The molecule has 0 aromatic rings. The van der Waals surface area contributed by atoms with Crippen LogP contribution in [-0.2, 0) is 47.6 Å². The lowest BCUT2D eigenvalue weighted by atomic mass is 9.95. The van der Waals surface area contributed by atoms with Crippen LogP contribution in [0.2, 0.25) is 0 Å². The number of carbonyl (C=O) groups excluding carboxylic acids is 4. The Hall–Kier alpha value is -2.46. The van der Waals surface area contributed by atoms with Gasteiger partial charge >= 0.3 is 23.9 Å². The highest BCUT2D eigenvalue weighted by molar-refractivity contribution is 5.71. The average molecular weight is 416 g/mol. The molecule has 0 aliphatic carbocycles. The van der Waals surface area contributed by atoms with E-state index in [1.165, 1.54) is 14.0 Å². The van der Waals surface area contributed by atoms with Gasteiger partial charge in [0.1, 0.15) is 6.10 Å². The number of carbonyl (C=O) groups is 4. The van der Waals surface area contributed by atoms with Crippen LogP contribution in [0.1, 0.15) is 40.0 Å². The van der Waals surface area contributed by atoms with Crippen molar-refractivity contribution in [2.45, 2.75) is 70.7 Å². The van der Waals surface area contributed by atoms with Crippen molar-refractivity contribution in [3.8, 4) is 0 Å². The fourth-order valence-electron chi connectivity index (χ4n) is 2.83. The number of methoxy groups -OCH3 is 1. The van der Waals surface area contributed by atoms with Crippen molar-refractivity contribution in [1.29, 1.82) is 0 Å². The summed E-state index contributed by atoms with van der Waals surface area (Å²) < 4.78 is 31.9. The standard InChI is InChI=1S/C19H28O10/c1-6-7-8-9-25-19-18(28-13(4)22)17(27-12(3)21)16(26-11(2)20)14(29-19)10-15(23)24-5/h6,14,16-19H,1,7-10H2,2-5H3/t14-,16-,17+,18-,19-/m1/s1. The molecule has 10 heteroatoms. The summed E-state index contributed by atoms with van der Waals surface area (Å²) >= 11 is 0. The Morgan fingerprint density at radius 1 is 0.931 bits per heavy atom. The van der Waals surface area contributed by atoms with Crippen LogP contribution in [0.3, 0.4) is 0 Å². The number of unbranched alkanes of at least 4 members (excludes halogenated alkanes) is 1. The van der Waals surface area contributed by atoms with E-state index in [1.807, 2.05) is 0 Å². The minimum Gasteiger partial charge on any atom is -0.469 e. The van der Waals surface area contributed by atoms with Crippen molar-refractivity contribution < 1.29 is 47.6 Å². The summed E-state index contributed by atoms with van der Waals surface area (Å²) in [5.41, 5.74) is 0. The van der Waals surface area contributed by atoms with Gasteiger partial charge in [0.25, 0.3) is 0 Å². The first kappa shape index (κ1) is 24.6. The van der Waals surface area contributed by atoms with E-state index in [1.54, 1.807) is 6.08 Å². The molecular weight excluding hydrogens is 388 g/mol. The normalized spacial score (nSPS) is 26.1. The molecule has 0 saturated carbocycles. The van der Waals surface area contributed by atoms with Gasteiger partial charge in [0, 0.05) is 20.8 Å². The molecule has 0 amide bonds. The van der Waals surface area contributed by atoms with Crippen molar-refractivity contribution in [2.24, 2.45) is 0 Å². The Labute approximate surface area is 169 Å². The summed E-state index contributed by atoms with van der Waals surface area (Å²) in [7, 11) is 1.19. The van der Waals surface area contributed by atoms with Crippen LogP contribution in [0.5, 0.6) is 0 Å². The Bertz CT molecular complexity index is 602. The predicted octanol–water partition coefficient (Wildman–Crippen LogP) is 1.05. The number of ether oxygens (including phenoxy) is 6. The van der Waals surface area contributed by atoms with Crippen molar-refractivity contribution in [1.82, 2.24) is 0 Å². The first-order chi connectivity index (χ1) is 13.7. The highest BCUT2D eigenvalue weighted by atomic mass is 16.7. The van der Waals surface area contributed by atoms with E-state index in [4.69, 9.17) is 23.7 Å².